The van der Waals surface area contributed by atoms with E-state index in [-0.39, 0.29) is 12.1 Å². The number of amides is 1. The van der Waals surface area contributed by atoms with Gasteiger partial charge in [-0.15, -0.1) is 0 Å². The van der Waals surface area contributed by atoms with Crippen molar-refractivity contribution in [2.45, 2.75) is 26.1 Å². The normalized spacial score (nSPS) is 19.7. The molecule has 1 saturated heterocycles. The van der Waals surface area contributed by atoms with Crippen LogP contribution in [0, 0.1) is 6.92 Å². The first-order valence-corrected chi connectivity index (χ1v) is 11.9. The Hall–Kier alpha value is -3.31. The fraction of sp³-hybridized carbons (Fsp3) is 0.321. The number of hydrogen-bond acceptors (Lipinski definition) is 4. The van der Waals surface area contributed by atoms with Gasteiger partial charge in [0.2, 0.25) is 0 Å². The summed E-state index contributed by atoms with van der Waals surface area (Å²) in [6.07, 6.45) is -0.162. The monoisotopic (exact) mass is 440 g/mol. The average molecular weight is 441 g/mol. The van der Waals surface area contributed by atoms with E-state index in [1.165, 1.54) is 11.3 Å². The standard InChI is InChI=1S/C28H32N4O/c1-21-12-14-24(15-13-21)31-18-16-30(17-19-31)22(2)20-32-26-11-7-6-10-25(26)28(33)29-27(32)23-8-4-3-5-9-23/h3-15,22,27H,16-20H2,1-2H3,(H,29,33). The van der Waals surface area contributed by atoms with Crippen LogP contribution in [0.1, 0.15) is 34.6 Å². The van der Waals surface area contributed by atoms with Crippen molar-refractivity contribution in [1.29, 1.82) is 0 Å². The molecule has 2 unspecified atom stereocenters. The molecule has 2 aliphatic rings. The van der Waals surface area contributed by atoms with Crippen molar-refractivity contribution in [3.05, 3.63) is 95.6 Å². The molecule has 5 heteroatoms. The van der Waals surface area contributed by atoms with Crippen LogP contribution in [0.5, 0.6) is 0 Å². The molecule has 1 amide bonds. The smallest absolute Gasteiger partial charge is 0.255 e. The summed E-state index contributed by atoms with van der Waals surface area (Å²) in [6, 6.07) is 27.4. The van der Waals surface area contributed by atoms with Gasteiger partial charge in [-0.05, 0) is 43.7 Å². The van der Waals surface area contributed by atoms with Crippen LogP contribution in [-0.2, 0) is 0 Å². The number of aryl methyl sites for hydroxylation is 1. The van der Waals surface area contributed by atoms with Gasteiger partial charge in [0.05, 0.1) is 11.3 Å². The fourth-order valence-electron chi connectivity index (χ4n) is 5.01. The molecule has 0 aliphatic carbocycles. The lowest BCUT2D eigenvalue weighted by Gasteiger charge is -2.44. The van der Waals surface area contributed by atoms with E-state index in [0.29, 0.717) is 6.04 Å². The molecule has 1 N–H and O–H groups in total. The SMILES string of the molecule is Cc1ccc(N2CCN(C(C)CN3c4ccccc4C(=O)NC3c3ccccc3)CC2)cc1. The maximum atomic E-state index is 12.8. The average Bonchev–Trinajstić information content (AvgIpc) is 2.87. The molecular weight excluding hydrogens is 408 g/mol. The molecule has 5 nitrogen and oxygen atoms in total. The highest BCUT2D eigenvalue weighted by molar-refractivity contribution is 6.02. The van der Waals surface area contributed by atoms with E-state index in [1.807, 2.05) is 36.4 Å². The van der Waals surface area contributed by atoms with Gasteiger partial charge >= 0.3 is 0 Å². The number of hydrogen-bond donors (Lipinski definition) is 1. The first-order chi connectivity index (χ1) is 16.1. The molecule has 2 heterocycles. The predicted octanol–water partition coefficient (Wildman–Crippen LogP) is 4.45. The van der Waals surface area contributed by atoms with Gasteiger partial charge in [0.25, 0.3) is 5.91 Å². The number of rotatable bonds is 5. The number of nitrogens with zero attached hydrogens (tertiary/aromatic N) is 3. The maximum absolute atomic E-state index is 12.8. The Morgan fingerprint density at radius 1 is 0.879 bits per heavy atom. The molecule has 170 valence electrons. The molecular formula is C28H32N4O. The summed E-state index contributed by atoms with van der Waals surface area (Å²) >= 11 is 0. The summed E-state index contributed by atoms with van der Waals surface area (Å²) in [5, 5.41) is 3.24. The van der Waals surface area contributed by atoms with E-state index in [9.17, 15) is 4.79 Å². The Kier molecular flexibility index (Phi) is 6.05. The summed E-state index contributed by atoms with van der Waals surface area (Å²) in [5.41, 5.74) is 5.48. The van der Waals surface area contributed by atoms with Crippen molar-refractivity contribution in [3.63, 3.8) is 0 Å². The number of para-hydroxylation sites is 1. The molecule has 0 spiro atoms. The van der Waals surface area contributed by atoms with Gasteiger partial charge < -0.3 is 15.1 Å². The first-order valence-electron chi connectivity index (χ1n) is 11.9. The van der Waals surface area contributed by atoms with Gasteiger partial charge in [0.15, 0.2) is 0 Å². The molecule has 3 aromatic carbocycles. The number of carbonyl (C=O) groups is 1. The maximum Gasteiger partial charge on any atom is 0.255 e. The molecule has 2 atom stereocenters. The number of benzene rings is 3. The van der Waals surface area contributed by atoms with Gasteiger partial charge in [-0.25, -0.2) is 0 Å². The number of piperazine rings is 1. The summed E-state index contributed by atoms with van der Waals surface area (Å²) in [6.45, 7) is 9.42. The highest BCUT2D eigenvalue weighted by Gasteiger charge is 2.33. The quantitative estimate of drug-likeness (QED) is 0.636. The molecule has 1 fully saturated rings. The van der Waals surface area contributed by atoms with E-state index >= 15 is 0 Å². The lowest BCUT2D eigenvalue weighted by Crippen LogP contribution is -2.55. The van der Waals surface area contributed by atoms with Gasteiger partial charge in [-0.1, -0.05) is 60.2 Å². The van der Waals surface area contributed by atoms with Crippen molar-refractivity contribution in [2.24, 2.45) is 0 Å². The summed E-state index contributed by atoms with van der Waals surface area (Å²) in [4.78, 5) is 20.3. The number of anilines is 2. The zero-order valence-corrected chi connectivity index (χ0v) is 19.4. The van der Waals surface area contributed by atoms with E-state index in [2.05, 4.69) is 76.3 Å². The third-order valence-electron chi connectivity index (χ3n) is 6.95. The minimum atomic E-state index is -0.162. The summed E-state index contributed by atoms with van der Waals surface area (Å²) in [7, 11) is 0. The van der Waals surface area contributed by atoms with Gasteiger partial charge in [0.1, 0.15) is 6.17 Å². The minimum Gasteiger partial charge on any atom is -0.369 e. The van der Waals surface area contributed by atoms with Crippen LogP contribution < -0.4 is 15.1 Å². The molecule has 3 aromatic rings. The first kappa shape index (κ1) is 21.5. The van der Waals surface area contributed by atoms with E-state index in [4.69, 9.17) is 0 Å². The van der Waals surface area contributed by atoms with Gasteiger partial charge in [-0.3, -0.25) is 9.69 Å². The van der Waals surface area contributed by atoms with Gasteiger partial charge in [0, 0.05) is 44.5 Å². The highest BCUT2D eigenvalue weighted by Crippen LogP contribution is 2.33. The van der Waals surface area contributed by atoms with Crippen molar-refractivity contribution >= 4 is 17.3 Å². The third-order valence-corrected chi connectivity index (χ3v) is 6.95. The summed E-state index contributed by atoms with van der Waals surface area (Å²) in [5.74, 6) is -0.00457. The minimum absolute atomic E-state index is 0.00457. The Morgan fingerprint density at radius 2 is 1.55 bits per heavy atom. The molecule has 0 aromatic heterocycles. The molecule has 33 heavy (non-hydrogen) atoms. The number of carbonyl (C=O) groups excluding carboxylic acids is 1. The zero-order chi connectivity index (χ0) is 22.8. The highest BCUT2D eigenvalue weighted by atomic mass is 16.2. The number of fused-ring (bicyclic) bond motifs is 1. The Morgan fingerprint density at radius 3 is 2.27 bits per heavy atom. The van der Waals surface area contributed by atoms with E-state index in [1.54, 1.807) is 0 Å². The lowest BCUT2D eigenvalue weighted by atomic mass is 10.0. The predicted molar refractivity (Wildman–Crippen MR) is 135 cm³/mol. The van der Waals surface area contributed by atoms with Crippen LogP contribution in [0.15, 0.2) is 78.9 Å². The zero-order valence-electron chi connectivity index (χ0n) is 19.4. The van der Waals surface area contributed by atoms with Crippen molar-refractivity contribution < 1.29 is 4.79 Å². The van der Waals surface area contributed by atoms with Crippen LogP contribution in [0.3, 0.4) is 0 Å². The van der Waals surface area contributed by atoms with Crippen molar-refractivity contribution in [2.75, 3.05) is 42.5 Å². The van der Waals surface area contributed by atoms with E-state index in [0.717, 1.165) is 49.5 Å². The van der Waals surface area contributed by atoms with Crippen LogP contribution >= 0.6 is 0 Å². The van der Waals surface area contributed by atoms with Crippen LogP contribution in [0.25, 0.3) is 0 Å². The number of nitrogens with one attached hydrogen (secondary N) is 1. The van der Waals surface area contributed by atoms with Crippen molar-refractivity contribution in [1.82, 2.24) is 10.2 Å². The van der Waals surface area contributed by atoms with E-state index < -0.39 is 0 Å². The Balaban J connectivity index is 1.32. The Bertz CT molecular complexity index is 1090. The second-order valence-corrected chi connectivity index (χ2v) is 9.16. The van der Waals surface area contributed by atoms with Crippen LogP contribution in [0.2, 0.25) is 0 Å². The molecule has 0 radical (unpaired) electrons. The molecule has 2 aliphatic heterocycles. The fourth-order valence-corrected chi connectivity index (χ4v) is 5.01. The lowest BCUT2D eigenvalue weighted by molar-refractivity contribution is 0.0923. The van der Waals surface area contributed by atoms with Crippen LogP contribution in [0.4, 0.5) is 11.4 Å². The Labute approximate surface area is 196 Å². The second-order valence-electron chi connectivity index (χ2n) is 9.16. The molecule has 0 saturated carbocycles. The summed E-state index contributed by atoms with van der Waals surface area (Å²) < 4.78 is 0. The second kappa shape index (κ2) is 9.28. The van der Waals surface area contributed by atoms with Crippen LogP contribution in [-0.4, -0.2) is 49.6 Å². The van der Waals surface area contributed by atoms with Gasteiger partial charge in [-0.2, -0.15) is 0 Å². The molecule has 0 bridgehead atoms. The topological polar surface area (TPSA) is 38.8 Å². The molecule has 5 rings (SSSR count). The third kappa shape index (κ3) is 4.46. The van der Waals surface area contributed by atoms with Crippen molar-refractivity contribution in [3.8, 4) is 0 Å². The largest absolute Gasteiger partial charge is 0.369 e.